The van der Waals surface area contributed by atoms with Gasteiger partial charge < -0.3 is 9.64 Å². The van der Waals surface area contributed by atoms with E-state index >= 15 is 0 Å². The molecule has 204 valence electrons. The van der Waals surface area contributed by atoms with Crippen molar-refractivity contribution in [3.63, 3.8) is 0 Å². The number of hydrogen-bond acceptors (Lipinski definition) is 5. The first-order chi connectivity index (χ1) is 18.4. The van der Waals surface area contributed by atoms with Crippen LogP contribution in [-0.4, -0.2) is 56.3 Å². The van der Waals surface area contributed by atoms with Crippen LogP contribution in [0.1, 0.15) is 30.0 Å². The topological polar surface area (TPSA) is 84.7 Å². The minimum absolute atomic E-state index is 0.145. The van der Waals surface area contributed by atoms with Crippen LogP contribution in [0.2, 0.25) is 0 Å². The van der Waals surface area contributed by atoms with Gasteiger partial charge in [-0.25, -0.2) is 14.1 Å². The van der Waals surface area contributed by atoms with E-state index in [0.717, 1.165) is 35.7 Å². The number of ether oxygens (including phenoxy) is 1. The Hall–Kier alpha value is -4.22. The lowest BCUT2D eigenvalue weighted by atomic mass is 9.93. The fraction of sp³-hybridized carbons (Fsp3) is 0.333. The van der Waals surface area contributed by atoms with E-state index in [4.69, 9.17) is 4.74 Å². The van der Waals surface area contributed by atoms with Crippen LogP contribution in [0.5, 0.6) is 0 Å². The standard InChI is InChI=1S/C27H24F4N4O4/c1-16(27(29,30)31)34(13-17-3-6-21(28)7-4-17)23(36)15-35-24(37)26(39-25(35)38)10-9-19-11-18(5-8-22(19)26)20-12-32-33(2)14-20/h3-8,11-12,14,16H,9-10,13,15H2,1-2H3/t16-,26+/m0/s1. The summed E-state index contributed by atoms with van der Waals surface area (Å²) in [7, 11) is 1.79. The van der Waals surface area contributed by atoms with E-state index in [0.29, 0.717) is 21.8 Å². The molecule has 5 rings (SSSR count). The van der Waals surface area contributed by atoms with Crippen LogP contribution in [0, 0.1) is 5.82 Å². The number of fused-ring (bicyclic) bond motifs is 2. The number of carbonyl (C=O) groups excluding carboxylic acids is 3. The van der Waals surface area contributed by atoms with Crippen LogP contribution >= 0.6 is 0 Å². The van der Waals surface area contributed by atoms with E-state index in [9.17, 15) is 31.9 Å². The first kappa shape index (κ1) is 26.4. The SMILES string of the molecule is C[C@H](N(Cc1ccc(F)cc1)C(=O)CN1C(=O)O[C@@]2(CCc3cc(-c4cnn(C)c4)ccc32)C1=O)C(F)(F)F. The number of aryl methyl sites for hydroxylation is 2. The lowest BCUT2D eigenvalue weighted by molar-refractivity contribution is -0.187. The van der Waals surface area contributed by atoms with Crippen molar-refractivity contribution in [1.29, 1.82) is 0 Å². The van der Waals surface area contributed by atoms with Crippen molar-refractivity contribution in [3.8, 4) is 11.1 Å². The highest BCUT2D eigenvalue weighted by molar-refractivity contribution is 6.06. The van der Waals surface area contributed by atoms with Crippen molar-refractivity contribution in [1.82, 2.24) is 19.6 Å². The number of amides is 3. The molecule has 2 heterocycles. The molecule has 0 N–H and O–H groups in total. The van der Waals surface area contributed by atoms with Gasteiger partial charge in [0.25, 0.3) is 5.91 Å². The fourth-order valence-electron chi connectivity index (χ4n) is 5.03. The van der Waals surface area contributed by atoms with Crippen LogP contribution in [0.4, 0.5) is 22.4 Å². The zero-order valence-electron chi connectivity index (χ0n) is 21.0. The molecule has 0 unspecified atom stereocenters. The van der Waals surface area contributed by atoms with Crippen molar-refractivity contribution in [2.24, 2.45) is 7.05 Å². The third kappa shape index (κ3) is 4.75. The molecule has 8 nitrogen and oxygen atoms in total. The number of nitrogens with zero attached hydrogens (tertiary/aromatic N) is 4. The summed E-state index contributed by atoms with van der Waals surface area (Å²) in [5, 5.41) is 4.15. The molecule has 3 aromatic rings. The summed E-state index contributed by atoms with van der Waals surface area (Å²) in [4.78, 5) is 40.5. The lowest BCUT2D eigenvalue weighted by Gasteiger charge is -2.31. The van der Waals surface area contributed by atoms with Gasteiger partial charge in [-0.15, -0.1) is 0 Å². The summed E-state index contributed by atoms with van der Waals surface area (Å²) < 4.78 is 61.4. The van der Waals surface area contributed by atoms with Crippen LogP contribution in [0.25, 0.3) is 11.1 Å². The molecule has 2 aromatic carbocycles. The highest BCUT2D eigenvalue weighted by Gasteiger charge is 2.58. The zero-order valence-corrected chi connectivity index (χ0v) is 21.0. The first-order valence-corrected chi connectivity index (χ1v) is 12.2. The van der Waals surface area contributed by atoms with Gasteiger partial charge in [-0.3, -0.25) is 14.3 Å². The van der Waals surface area contributed by atoms with Crippen molar-refractivity contribution in [2.75, 3.05) is 6.54 Å². The van der Waals surface area contributed by atoms with E-state index in [1.165, 1.54) is 12.1 Å². The van der Waals surface area contributed by atoms with E-state index in [1.807, 2.05) is 12.3 Å². The van der Waals surface area contributed by atoms with Crippen LogP contribution in [0.3, 0.4) is 0 Å². The van der Waals surface area contributed by atoms with Crippen LogP contribution < -0.4 is 0 Å². The van der Waals surface area contributed by atoms with Gasteiger partial charge in [0.1, 0.15) is 18.4 Å². The number of imide groups is 1. The van der Waals surface area contributed by atoms with Gasteiger partial charge in [0, 0.05) is 37.3 Å². The quantitative estimate of drug-likeness (QED) is 0.432. The summed E-state index contributed by atoms with van der Waals surface area (Å²) >= 11 is 0. The average Bonchev–Trinajstić information content (AvgIpc) is 3.55. The Balaban J connectivity index is 1.39. The number of alkyl halides is 3. The van der Waals surface area contributed by atoms with Crippen molar-refractivity contribution < 1.29 is 36.7 Å². The number of benzene rings is 2. The molecule has 1 saturated heterocycles. The highest BCUT2D eigenvalue weighted by atomic mass is 19.4. The number of carbonyl (C=O) groups is 3. The summed E-state index contributed by atoms with van der Waals surface area (Å²) in [5.41, 5.74) is 1.60. The second-order valence-electron chi connectivity index (χ2n) is 9.73. The molecule has 2 aliphatic rings. The van der Waals surface area contributed by atoms with E-state index in [1.54, 1.807) is 30.1 Å². The van der Waals surface area contributed by atoms with E-state index in [2.05, 4.69) is 5.10 Å². The Morgan fingerprint density at radius 1 is 1.15 bits per heavy atom. The second-order valence-corrected chi connectivity index (χ2v) is 9.73. The largest absolute Gasteiger partial charge is 0.427 e. The third-order valence-corrected chi connectivity index (χ3v) is 7.22. The highest BCUT2D eigenvalue weighted by Crippen LogP contribution is 2.46. The molecule has 1 aromatic heterocycles. The summed E-state index contributed by atoms with van der Waals surface area (Å²) in [6.07, 6.45) is -1.78. The molecule has 3 amide bonds. The Bertz CT molecular complexity index is 1450. The smallest absolute Gasteiger partial charge is 0.418 e. The zero-order chi connectivity index (χ0) is 28.1. The van der Waals surface area contributed by atoms with Gasteiger partial charge in [0.05, 0.1) is 6.20 Å². The molecule has 0 bridgehead atoms. The number of halogens is 4. The summed E-state index contributed by atoms with van der Waals surface area (Å²) in [6.45, 7) is -0.619. The van der Waals surface area contributed by atoms with Crippen LogP contribution in [0.15, 0.2) is 54.9 Å². The third-order valence-electron chi connectivity index (χ3n) is 7.22. The predicted octanol–water partition coefficient (Wildman–Crippen LogP) is 4.33. The summed E-state index contributed by atoms with van der Waals surface area (Å²) in [5.74, 6) is -2.48. The Labute approximate surface area is 220 Å². The molecule has 1 aliphatic carbocycles. The lowest BCUT2D eigenvalue weighted by Crippen LogP contribution is -2.51. The molecule has 0 saturated carbocycles. The second kappa shape index (κ2) is 9.51. The first-order valence-electron chi connectivity index (χ1n) is 12.2. The van der Waals surface area contributed by atoms with Gasteiger partial charge in [0.2, 0.25) is 11.5 Å². The maximum Gasteiger partial charge on any atom is 0.418 e. The van der Waals surface area contributed by atoms with Gasteiger partial charge in [-0.1, -0.05) is 30.3 Å². The Morgan fingerprint density at radius 3 is 2.51 bits per heavy atom. The fourth-order valence-corrected chi connectivity index (χ4v) is 5.03. The molecule has 12 heteroatoms. The van der Waals surface area contributed by atoms with Gasteiger partial charge >= 0.3 is 12.3 Å². The molecule has 1 spiro atoms. The molecular formula is C27H24F4N4O4. The maximum atomic E-state index is 13.6. The maximum absolute atomic E-state index is 13.6. The Morgan fingerprint density at radius 2 is 1.87 bits per heavy atom. The van der Waals surface area contributed by atoms with Crippen molar-refractivity contribution in [3.05, 3.63) is 77.4 Å². The molecule has 39 heavy (non-hydrogen) atoms. The number of aromatic nitrogens is 2. The predicted molar refractivity (Wildman–Crippen MR) is 129 cm³/mol. The molecular weight excluding hydrogens is 520 g/mol. The minimum Gasteiger partial charge on any atom is -0.427 e. The van der Waals surface area contributed by atoms with Gasteiger partial charge in [0.15, 0.2) is 0 Å². The van der Waals surface area contributed by atoms with Crippen molar-refractivity contribution in [2.45, 2.75) is 44.1 Å². The number of rotatable bonds is 6. The van der Waals surface area contributed by atoms with E-state index in [-0.39, 0.29) is 12.0 Å². The van der Waals surface area contributed by atoms with Crippen molar-refractivity contribution >= 4 is 17.9 Å². The normalized spacial score (nSPS) is 19.4. The van der Waals surface area contributed by atoms with Gasteiger partial charge in [-0.2, -0.15) is 18.3 Å². The van der Waals surface area contributed by atoms with Gasteiger partial charge in [-0.05, 0) is 42.2 Å². The number of hydrogen-bond donors (Lipinski definition) is 0. The molecule has 0 radical (unpaired) electrons. The molecule has 1 aliphatic heterocycles. The Kier molecular flexibility index (Phi) is 6.44. The molecule has 2 atom stereocenters. The van der Waals surface area contributed by atoms with E-state index < -0.39 is 54.6 Å². The molecule has 1 fully saturated rings. The monoisotopic (exact) mass is 544 g/mol. The average molecular weight is 545 g/mol. The summed E-state index contributed by atoms with van der Waals surface area (Å²) in [6, 6.07) is 7.77. The van der Waals surface area contributed by atoms with Crippen LogP contribution in [-0.2, 0) is 39.9 Å². The minimum atomic E-state index is -4.77.